The van der Waals surface area contributed by atoms with Crippen molar-refractivity contribution in [1.29, 1.82) is 0 Å². The van der Waals surface area contributed by atoms with Crippen LogP contribution in [0.15, 0.2) is 65.6 Å². The summed E-state index contributed by atoms with van der Waals surface area (Å²) in [6, 6.07) is 17.4. The molecule has 1 aromatic heterocycles. The number of sulfone groups is 1. The van der Waals surface area contributed by atoms with Crippen molar-refractivity contribution in [1.82, 2.24) is 15.1 Å². The summed E-state index contributed by atoms with van der Waals surface area (Å²) in [5.41, 5.74) is 1.78. The van der Waals surface area contributed by atoms with E-state index in [2.05, 4.69) is 10.2 Å². The number of rotatable bonds is 5. The first kappa shape index (κ1) is 19.2. The number of nitrogens with zero attached hydrogens (tertiary/aromatic N) is 2. The van der Waals surface area contributed by atoms with Crippen molar-refractivity contribution in [3.63, 3.8) is 0 Å². The number of carbonyl (C=O) groups is 1. The van der Waals surface area contributed by atoms with Crippen molar-refractivity contribution in [2.45, 2.75) is 16.6 Å². The van der Waals surface area contributed by atoms with Crippen LogP contribution in [0.1, 0.15) is 16.9 Å². The average molecular weight is 411 g/mol. The van der Waals surface area contributed by atoms with Gasteiger partial charge in [0.25, 0.3) is 5.91 Å². The molecule has 1 aliphatic heterocycles. The highest BCUT2D eigenvalue weighted by Crippen LogP contribution is 2.26. The van der Waals surface area contributed by atoms with E-state index in [1.54, 1.807) is 48.4 Å². The number of aromatic amines is 1. The molecule has 2 aromatic carbocycles. The third kappa shape index (κ3) is 3.75. The Morgan fingerprint density at radius 1 is 1.14 bits per heavy atom. The predicted octanol–water partition coefficient (Wildman–Crippen LogP) is 2.77. The van der Waals surface area contributed by atoms with Gasteiger partial charge in [-0.15, -0.1) is 0 Å². The topological polar surface area (TPSA) is 92.4 Å². The quantitative estimate of drug-likeness (QED) is 0.697. The fraction of sp³-hybridized carbons (Fsp3) is 0.238. The standard InChI is InChI=1S/C21H21N3O4S/c1-28-16-7-5-6-15(12-16)19-13-20(23-22-19)21(25)24-11-10-18(14-24)29(26,27)17-8-3-2-4-9-17/h2-9,12-13,18H,10-11,14H2,1H3,(H,22,23). The number of nitrogens with one attached hydrogen (secondary N) is 1. The predicted molar refractivity (Wildman–Crippen MR) is 109 cm³/mol. The molecule has 1 unspecified atom stereocenters. The second kappa shape index (κ2) is 7.71. The Balaban J connectivity index is 1.49. The lowest BCUT2D eigenvalue weighted by atomic mass is 10.1. The highest BCUT2D eigenvalue weighted by molar-refractivity contribution is 7.92. The van der Waals surface area contributed by atoms with Crippen LogP contribution >= 0.6 is 0 Å². The number of methoxy groups -OCH3 is 1. The van der Waals surface area contributed by atoms with Crippen LogP contribution in [-0.4, -0.2) is 54.9 Å². The van der Waals surface area contributed by atoms with E-state index in [4.69, 9.17) is 4.74 Å². The molecule has 1 fully saturated rings. The van der Waals surface area contributed by atoms with Gasteiger partial charge >= 0.3 is 0 Å². The number of H-pyrrole nitrogens is 1. The largest absolute Gasteiger partial charge is 0.497 e. The van der Waals surface area contributed by atoms with Crippen LogP contribution in [0, 0.1) is 0 Å². The lowest BCUT2D eigenvalue weighted by Gasteiger charge is -2.15. The Morgan fingerprint density at radius 3 is 2.69 bits per heavy atom. The van der Waals surface area contributed by atoms with Gasteiger partial charge in [-0.25, -0.2) is 8.42 Å². The Morgan fingerprint density at radius 2 is 1.93 bits per heavy atom. The second-order valence-corrected chi connectivity index (χ2v) is 9.15. The summed E-state index contributed by atoms with van der Waals surface area (Å²) < 4.78 is 30.9. The van der Waals surface area contributed by atoms with E-state index in [1.165, 1.54) is 0 Å². The summed E-state index contributed by atoms with van der Waals surface area (Å²) in [6.07, 6.45) is 0.417. The molecule has 3 aromatic rings. The Kier molecular flexibility index (Phi) is 5.10. The van der Waals surface area contributed by atoms with Gasteiger partial charge in [0.2, 0.25) is 0 Å². The molecule has 150 valence electrons. The molecule has 1 atom stereocenters. The maximum absolute atomic E-state index is 12.9. The minimum absolute atomic E-state index is 0.170. The molecule has 4 rings (SSSR count). The molecule has 1 saturated heterocycles. The molecule has 8 heteroatoms. The Bertz CT molecular complexity index is 1130. The van der Waals surface area contributed by atoms with E-state index in [1.807, 2.05) is 24.3 Å². The zero-order valence-corrected chi connectivity index (χ0v) is 16.7. The second-order valence-electron chi connectivity index (χ2n) is 6.92. The highest BCUT2D eigenvalue weighted by atomic mass is 32.2. The molecular weight excluding hydrogens is 390 g/mol. The van der Waals surface area contributed by atoms with Gasteiger partial charge in [0.1, 0.15) is 11.4 Å². The summed E-state index contributed by atoms with van der Waals surface area (Å²) in [6.45, 7) is 0.562. The van der Waals surface area contributed by atoms with Crippen molar-refractivity contribution >= 4 is 15.7 Å². The first-order chi connectivity index (χ1) is 14.0. The maximum Gasteiger partial charge on any atom is 0.271 e. The lowest BCUT2D eigenvalue weighted by molar-refractivity contribution is 0.0787. The van der Waals surface area contributed by atoms with Gasteiger partial charge in [-0.05, 0) is 36.8 Å². The van der Waals surface area contributed by atoms with Crippen LogP contribution < -0.4 is 4.74 Å². The van der Waals surface area contributed by atoms with Crippen molar-refractivity contribution in [3.8, 4) is 17.0 Å². The fourth-order valence-electron chi connectivity index (χ4n) is 3.50. The summed E-state index contributed by atoms with van der Waals surface area (Å²) in [5, 5.41) is 6.39. The third-order valence-corrected chi connectivity index (χ3v) is 7.31. The van der Waals surface area contributed by atoms with E-state index in [0.717, 1.165) is 5.56 Å². The first-order valence-corrected chi connectivity index (χ1v) is 10.8. The third-order valence-electron chi connectivity index (χ3n) is 5.12. The number of amides is 1. The fourth-order valence-corrected chi connectivity index (χ4v) is 5.21. The van der Waals surface area contributed by atoms with Gasteiger partial charge in [-0.1, -0.05) is 30.3 Å². The van der Waals surface area contributed by atoms with E-state index in [-0.39, 0.29) is 12.5 Å². The van der Waals surface area contributed by atoms with Crippen LogP contribution in [0.2, 0.25) is 0 Å². The Hall–Kier alpha value is -3.13. The monoisotopic (exact) mass is 411 g/mol. The molecule has 0 bridgehead atoms. The summed E-state index contributed by atoms with van der Waals surface area (Å²) in [7, 11) is -1.88. The van der Waals surface area contributed by atoms with Crippen LogP contribution in [0.5, 0.6) is 5.75 Å². The number of hydrogen-bond acceptors (Lipinski definition) is 5. The molecule has 2 heterocycles. The SMILES string of the molecule is COc1cccc(-c2cc(C(=O)N3CCC(S(=O)(=O)c4ccccc4)C3)[nH]n2)c1. The molecule has 0 aliphatic carbocycles. The van der Waals surface area contributed by atoms with Crippen LogP contribution in [-0.2, 0) is 9.84 Å². The zero-order valence-electron chi connectivity index (χ0n) is 15.9. The highest BCUT2D eigenvalue weighted by Gasteiger charge is 2.36. The van der Waals surface area contributed by atoms with Gasteiger partial charge in [-0.2, -0.15) is 5.10 Å². The first-order valence-electron chi connectivity index (χ1n) is 9.27. The number of benzene rings is 2. The maximum atomic E-state index is 12.9. The summed E-state index contributed by atoms with van der Waals surface area (Å²) in [5.74, 6) is 0.448. The van der Waals surface area contributed by atoms with Crippen molar-refractivity contribution in [2.75, 3.05) is 20.2 Å². The smallest absolute Gasteiger partial charge is 0.271 e. The van der Waals surface area contributed by atoms with Crippen LogP contribution in [0.25, 0.3) is 11.3 Å². The molecule has 29 heavy (non-hydrogen) atoms. The molecular formula is C21H21N3O4S. The summed E-state index contributed by atoms with van der Waals surface area (Å²) >= 11 is 0. The van der Waals surface area contributed by atoms with E-state index >= 15 is 0 Å². The lowest BCUT2D eigenvalue weighted by Crippen LogP contribution is -2.32. The van der Waals surface area contributed by atoms with Gasteiger partial charge in [-0.3, -0.25) is 9.89 Å². The number of likely N-dealkylation sites (tertiary alicyclic amines) is 1. The number of aromatic nitrogens is 2. The molecule has 1 N–H and O–H groups in total. The van der Waals surface area contributed by atoms with Crippen LogP contribution in [0.4, 0.5) is 0 Å². The van der Waals surface area contributed by atoms with Crippen molar-refractivity contribution in [3.05, 3.63) is 66.4 Å². The van der Waals surface area contributed by atoms with Crippen LogP contribution in [0.3, 0.4) is 0 Å². The normalized spacial score (nSPS) is 16.7. The van der Waals surface area contributed by atoms with Gasteiger partial charge in [0.05, 0.1) is 22.9 Å². The van der Waals surface area contributed by atoms with Gasteiger partial charge in [0, 0.05) is 18.7 Å². The van der Waals surface area contributed by atoms with Crippen molar-refractivity contribution < 1.29 is 17.9 Å². The molecule has 1 amide bonds. The van der Waals surface area contributed by atoms with Gasteiger partial charge in [0.15, 0.2) is 9.84 Å². The minimum Gasteiger partial charge on any atom is -0.497 e. The van der Waals surface area contributed by atoms with E-state index in [0.29, 0.717) is 35.0 Å². The molecule has 0 radical (unpaired) electrons. The number of ether oxygens (including phenoxy) is 1. The molecule has 0 saturated carbocycles. The Labute approximate surface area is 169 Å². The zero-order chi connectivity index (χ0) is 20.4. The van der Waals surface area contributed by atoms with E-state index in [9.17, 15) is 13.2 Å². The number of carbonyl (C=O) groups excluding carboxylic acids is 1. The molecule has 0 spiro atoms. The average Bonchev–Trinajstić information content (AvgIpc) is 3.44. The molecule has 1 aliphatic rings. The minimum atomic E-state index is -3.47. The summed E-state index contributed by atoms with van der Waals surface area (Å²) in [4.78, 5) is 14.7. The molecule has 7 nitrogen and oxygen atoms in total. The number of hydrogen-bond donors (Lipinski definition) is 1. The van der Waals surface area contributed by atoms with E-state index < -0.39 is 15.1 Å². The van der Waals surface area contributed by atoms with Crippen molar-refractivity contribution in [2.24, 2.45) is 0 Å². The van der Waals surface area contributed by atoms with Gasteiger partial charge < -0.3 is 9.64 Å².